The van der Waals surface area contributed by atoms with Gasteiger partial charge in [0.2, 0.25) is 5.82 Å². The molecule has 108 valence electrons. The van der Waals surface area contributed by atoms with Gasteiger partial charge in [0.25, 0.3) is 5.91 Å². The van der Waals surface area contributed by atoms with E-state index in [0.29, 0.717) is 30.4 Å². The van der Waals surface area contributed by atoms with Gasteiger partial charge < -0.3 is 10.0 Å². The van der Waals surface area contributed by atoms with Crippen LogP contribution in [0.4, 0.5) is 0 Å². The molecule has 7 nitrogen and oxygen atoms in total. The number of tetrazole rings is 1. The minimum Gasteiger partial charge on any atom is -0.386 e. The van der Waals surface area contributed by atoms with Gasteiger partial charge in [-0.3, -0.25) is 4.79 Å². The van der Waals surface area contributed by atoms with Gasteiger partial charge in [0.15, 0.2) is 0 Å². The van der Waals surface area contributed by atoms with Crippen molar-refractivity contribution in [1.82, 2.24) is 25.5 Å². The molecule has 1 aromatic carbocycles. The predicted octanol–water partition coefficient (Wildman–Crippen LogP) is 0.464. The second-order valence-corrected chi connectivity index (χ2v) is 5.86. The first-order valence-electron chi connectivity index (χ1n) is 7.01. The summed E-state index contributed by atoms with van der Waals surface area (Å²) in [5.41, 5.74) is 0.670. The highest BCUT2D eigenvalue weighted by Gasteiger charge is 2.53. The average molecular weight is 285 g/mol. The maximum atomic E-state index is 12.4. The number of likely N-dealkylation sites (tertiary alicyclic amines) is 1. The van der Waals surface area contributed by atoms with Crippen LogP contribution in [-0.4, -0.2) is 55.2 Å². The van der Waals surface area contributed by atoms with Crippen LogP contribution in [-0.2, 0) is 0 Å². The van der Waals surface area contributed by atoms with Gasteiger partial charge in [0, 0.05) is 11.1 Å². The molecule has 1 aliphatic carbocycles. The molecule has 4 rings (SSSR count). The standard InChI is InChI=1S/C14H15N5O2/c20-13(19-7-14(21,8-19)11-4-5-11)10-3-1-2-9(6-10)12-15-17-18-16-12/h1-3,6,11,21H,4-5,7-8H2,(H,15,16,17,18). The molecule has 2 fully saturated rings. The highest BCUT2D eigenvalue weighted by Crippen LogP contribution is 2.44. The van der Waals surface area contributed by atoms with Gasteiger partial charge >= 0.3 is 0 Å². The monoisotopic (exact) mass is 285 g/mol. The van der Waals surface area contributed by atoms with E-state index in [2.05, 4.69) is 20.6 Å². The van der Waals surface area contributed by atoms with Crippen LogP contribution in [0.2, 0.25) is 0 Å². The third-order valence-electron chi connectivity index (χ3n) is 4.27. The number of carbonyl (C=O) groups excluding carboxylic acids is 1. The van der Waals surface area contributed by atoms with Crippen molar-refractivity contribution < 1.29 is 9.90 Å². The van der Waals surface area contributed by atoms with Crippen molar-refractivity contribution in [2.75, 3.05) is 13.1 Å². The lowest BCUT2D eigenvalue weighted by atomic mass is 9.88. The number of β-amino-alcohol motifs (C(OH)–C–C–N with tert-alkyl or cyclic N) is 1. The lowest BCUT2D eigenvalue weighted by molar-refractivity contribution is -0.0958. The minimum atomic E-state index is -0.652. The number of rotatable bonds is 3. The van der Waals surface area contributed by atoms with E-state index in [-0.39, 0.29) is 5.91 Å². The van der Waals surface area contributed by atoms with Gasteiger partial charge in [0.1, 0.15) is 5.60 Å². The summed E-state index contributed by atoms with van der Waals surface area (Å²) in [5, 5.41) is 24.0. The first kappa shape index (κ1) is 12.5. The third kappa shape index (κ3) is 2.09. The molecule has 2 aliphatic rings. The molecule has 2 aromatic rings. The molecule has 2 N–H and O–H groups in total. The van der Waals surface area contributed by atoms with Gasteiger partial charge in [0.05, 0.1) is 13.1 Å². The third-order valence-corrected chi connectivity index (χ3v) is 4.27. The molecule has 0 unspecified atom stereocenters. The largest absolute Gasteiger partial charge is 0.386 e. The Morgan fingerprint density at radius 2 is 2.19 bits per heavy atom. The van der Waals surface area contributed by atoms with Crippen molar-refractivity contribution in [3.05, 3.63) is 29.8 Å². The highest BCUT2D eigenvalue weighted by atomic mass is 16.3. The zero-order valence-corrected chi connectivity index (χ0v) is 11.4. The zero-order chi connectivity index (χ0) is 14.4. The molecule has 0 radical (unpaired) electrons. The maximum absolute atomic E-state index is 12.4. The van der Waals surface area contributed by atoms with Crippen molar-refractivity contribution in [3.8, 4) is 11.4 Å². The number of benzene rings is 1. The molecule has 21 heavy (non-hydrogen) atoms. The second-order valence-electron chi connectivity index (χ2n) is 5.86. The Morgan fingerprint density at radius 1 is 1.38 bits per heavy atom. The van der Waals surface area contributed by atoms with Crippen LogP contribution < -0.4 is 0 Å². The van der Waals surface area contributed by atoms with E-state index in [4.69, 9.17) is 0 Å². The number of carbonyl (C=O) groups is 1. The van der Waals surface area contributed by atoms with Crippen LogP contribution in [0.1, 0.15) is 23.2 Å². The lowest BCUT2D eigenvalue weighted by Gasteiger charge is -2.47. The van der Waals surface area contributed by atoms with Crippen LogP contribution in [0.15, 0.2) is 24.3 Å². The average Bonchev–Trinajstić information content (AvgIpc) is 3.19. The van der Waals surface area contributed by atoms with E-state index in [0.717, 1.165) is 18.4 Å². The Labute approximate surface area is 121 Å². The SMILES string of the molecule is O=C(c1cccc(-c2nn[nH]n2)c1)N1CC(O)(C2CC2)C1. The molecule has 1 amide bonds. The molecule has 0 atom stereocenters. The Balaban J connectivity index is 1.51. The van der Waals surface area contributed by atoms with E-state index < -0.39 is 5.60 Å². The number of aliphatic hydroxyl groups is 1. The fraction of sp³-hybridized carbons (Fsp3) is 0.429. The van der Waals surface area contributed by atoms with E-state index in [1.807, 2.05) is 6.07 Å². The Morgan fingerprint density at radius 3 is 2.86 bits per heavy atom. The Kier molecular flexibility index (Phi) is 2.58. The lowest BCUT2D eigenvalue weighted by Crippen LogP contribution is -2.64. The van der Waals surface area contributed by atoms with Gasteiger partial charge in [-0.05, 0) is 36.1 Å². The van der Waals surface area contributed by atoms with Crippen molar-refractivity contribution in [2.24, 2.45) is 5.92 Å². The minimum absolute atomic E-state index is 0.0642. The summed E-state index contributed by atoms with van der Waals surface area (Å²) >= 11 is 0. The summed E-state index contributed by atoms with van der Waals surface area (Å²) in [6, 6.07) is 7.15. The number of nitrogens with zero attached hydrogens (tertiary/aromatic N) is 4. The first-order valence-corrected chi connectivity index (χ1v) is 7.01. The number of H-pyrrole nitrogens is 1. The number of hydrogen-bond acceptors (Lipinski definition) is 5. The summed E-state index contributed by atoms with van der Waals surface area (Å²) in [4.78, 5) is 14.1. The van der Waals surface area contributed by atoms with Gasteiger partial charge in [-0.25, -0.2) is 0 Å². The quantitative estimate of drug-likeness (QED) is 0.854. The van der Waals surface area contributed by atoms with Crippen LogP contribution >= 0.6 is 0 Å². The van der Waals surface area contributed by atoms with Crippen LogP contribution in [0.5, 0.6) is 0 Å². The summed E-state index contributed by atoms with van der Waals surface area (Å²) in [6.07, 6.45) is 2.15. The molecule has 1 saturated heterocycles. The van der Waals surface area contributed by atoms with Crippen molar-refractivity contribution in [3.63, 3.8) is 0 Å². The van der Waals surface area contributed by atoms with E-state index in [1.165, 1.54) is 0 Å². The number of hydrogen-bond donors (Lipinski definition) is 2. The Bertz CT molecular complexity index is 674. The first-order chi connectivity index (χ1) is 10.2. The molecular formula is C14H15N5O2. The summed E-state index contributed by atoms with van der Waals surface area (Å²) < 4.78 is 0. The predicted molar refractivity (Wildman–Crippen MR) is 73.2 cm³/mol. The molecule has 1 aromatic heterocycles. The normalized spacial score (nSPS) is 20.1. The molecule has 7 heteroatoms. The molecule has 0 bridgehead atoms. The second kappa shape index (κ2) is 4.36. The van der Waals surface area contributed by atoms with E-state index in [9.17, 15) is 9.90 Å². The molecule has 1 aliphatic heterocycles. The summed E-state index contributed by atoms with van der Waals surface area (Å²) in [5.74, 6) is 0.778. The molecule has 0 spiro atoms. The fourth-order valence-corrected chi connectivity index (χ4v) is 2.90. The van der Waals surface area contributed by atoms with Crippen molar-refractivity contribution in [1.29, 1.82) is 0 Å². The Hall–Kier alpha value is -2.28. The van der Waals surface area contributed by atoms with Crippen LogP contribution in [0.3, 0.4) is 0 Å². The topological polar surface area (TPSA) is 95.0 Å². The fourth-order valence-electron chi connectivity index (χ4n) is 2.90. The number of aromatic nitrogens is 4. The van der Waals surface area contributed by atoms with Gasteiger partial charge in [-0.1, -0.05) is 12.1 Å². The molecule has 1 saturated carbocycles. The number of nitrogens with one attached hydrogen (secondary N) is 1. The van der Waals surface area contributed by atoms with Gasteiger partial charge in [-0.15, -0.1) is 10.2 Å². The summed E-state index contributed by atoms with van der Waals surface area (Å²) in [6.45, 7) is 0.867. The van der Waals surface area contributed by atoms with E-state index in [1.54, 1.807) is 23.1 Å². The maximum Gasteiger partial charge on any atom is 0.254 e. The number of amides is 1. The van der Waals surface area contributed by atoms with Crippen molar-refractivity contribution >= 4 is 5.91 Å². The zero-order valence-electron chi connectivity index (χ0n) is 11.4. The summed E-state index contributed by atoms with van der Waals surface area (Å²) in [7, 11) is 0. The smallest absolute Gasteiger partial charge is 0.254 e. The number of aromatic amines is 1. The van der Waals surface area contributed by atoms with Gasteiger partial charge in [-0.2, -0.15) is 5.21 Å². The van der Waals surface area contributed by atoms with Crippen LogP contribution in [0, 0.1) is 5.92 Å². The van der Waals surface area contributed by atoms with Crippen LogP contribution in [0.25, 0.3) is 11.4 Å². The highest BCUT2D eigenvalue weighted by molar-refractivity contribution is 5.96. The molecular weight excluding hydrogens is 270 g/mol. The van der Waals surface area contributed by atoms with E-state index >= 15 is 0 Å². The molecule has 2 heterocycles. The van der Waals surface area contributed by atoms with Crippen molar-refractivity contribution in [2.45, 2.75) is 18.4 Å².